The van der Waals surface area contributed by atoms with Crippen LogP contribution in [-0.2, 0) is 24.5 Å². The van der Waals surface area contributed by atoms with Gasteiger partial charge in [-0.15, -0.1) is 0 Å². The van der Waals surface area contributed by atoms with Crippen molar-refractivity contribution in [3.63, 3.8) is 0 Å². The van der Waals surface area contributed by atoms with Crippen molar-refractivity contribution in [1.82, 2.24) is 14.7 Å². The Morgan fingerprint density at radius 1 is 1.32 bits per heavy atom. The van der Waals surface area contributed by atoms with Crippen molar-refractivity contribution in [2.45, 2.75) is 38.6 Å². The van der Waals surface area contributed by atoms with Crippen LogP contribution in [0.3, 0.4) is 0 Å². The minimum absolute atomic E-state index is 0.129. The Bertz CT molecular complexity index is 681. The number of carbonyl (C=O) groups excluding carboxylic acids is 1. The van der Waals surface area contributed by atoms with E-state index in [1.54, 1.807) is 6.20 Å². The summed E-state index contributed by atoms with van der Waals surface area (Å²) in [4.78, 5) is 14.8. The molecule has 2 aliphatic heterocycles. The fourth-order valence-corrected chi connectivity index (χ4v) is 3.39. The van der Waals surface area contributed by atoms with Gasteiger partial charge in [0.2, 0.25) is 0 Å². The van der Waals surface area contributed by atoms with Gasteiger partial charge in [-0.1, -0.05) is 6.07 Å². The summed E-state index contributed by atoms with van der Waals surface area (Å²) in [6, 6.07) is 8.10. The lowest BCUT2D eigenvalue weighted by Crippen LogP contribution is -2.38. The van der Waals surface area contributed by atoms with E-state index in [1.165, 1.54) is 5.56 Å². The second-order valence-corrected chi connectivity index (χ2v) is 6.00. The van der Waals surface area contributed by atoms with E-state index in [2.05, 4.69) is 5.10 Å². The summed E-state index contributed by atoms with van der Waals surface area (Å²) >= 11 is 0. The molecule has 114 valence electrons. The average Bonchev–Trinajstić information content (AvgIpc) is 3.27. The van der Waals surface area contributed by atoms with Crippen LogP contribution >= 0.6 is 0 Å². The molecule has 0 bridgehead atoms. The number of aromatic nitrogens is 2. The molecule has 0 saturated carbocycles. The number of rotatable bonds is 3. The number of benzene rings is 1. The summed E-state index contributed by atoms with van der Waals surface area (Å²) in [5, 5.41) is 4.26. The van der Waals surface area contributed by atoms with Crippen LogP contribution in [0.15, 0.2) is 36.7 Å². The Labute approximate surface area is 129 Å². The Morgan fingerprint density at radius 2 is 2.23 bits per heavy atom. The number of amides is 1. The molecule has 4 rings (SSSR count). The maximum atomic E-state index is 12.8. The fourth-order valence-electron chi connectivity index (χ4n) is 3.39. The molecule has 1 saturated heterocycles. The highest BCUT2D eigenvalue weighted by molar-refractivity contribution is 5.95. The van der Waals surface area contributed by atoms with Crippen molar-refractivity contribution in [2.24, 2.45) is 0 Å². The van der Waals surface area contributed by atoms with E-state index in [1.807, 2.05) is 40.0 Å². The number of fused-ring (bicyclic) bond motifs is 1. The van der Waals surface area contributed by atoms with Crippen molar-refractivity contribution in [2.75, 3.05) is 6.54 Å². The first kappa shape index (κ1) is 13.5. The van der Waals surface area contributed by atoms with Gasteiger partial charge in [0.05, 0.1) is 25.8 Å². The van der Waals surface area contributed by atoms with Gasteiger partial charge in [-0.25, -0.2) is 0 Å². The molecule has 1 aromatic heterocycles. The van der Waals surface area contributed by atoms with Gasteiger partial charge in [0, 0.05) is 24.5 Å². The van der Waals surface area contributed by atoms with Crippen LogP contribution < -0.4 is 0 Å². The van der Waals surface area contributed by atoms with Gasteiger partial charge in [-0.2, -0.15) is 5.10 Å². The van der Waals surface area contributed by atoms with Crippen LogP contribution in [0.25, 0.3) is 0 Å². The Balaban J connectivity index is 1.53. The molecule has 0 spiro atoms. The first-order chi connectivity index (χ1) is 10.8. The summed E-state index contributed by atoms with van der Waals surface area (Å²) in [6.45, 7) is 2.88. The highest BCUT2D eigenvalue weighted by atomic mass is 16.5. The van der Waals surface area contributed by atoms with Crippen molar-refractivity contribution >= 4 is 5.91 Å². The third-order valence-electron chi connectivity index (χ3n) is 4.56. The second-order valence-electron chi connectivity index (χ2n) is 6.00. The lowest BCUT2D eigenvalue weighted by Gasteiger charge is -2.25. The normalized spacial score (nSPS) is 20.4. The number of ether oxygens (including phenoxy) is 1. The minimum atomic E-state index is 0.129. The molecule has 0 radical (unpaired) electrons. The molecule has 22 heavy (non-hydrogen) atoms. The van der Waals surface area contributed by atoms with Crippen molar-refractivity contribution in [3.8, 4) is 0 Å². The smallest absolute Gasteiger partial charge is 0.254 e. The molecule has 0 unspecified atom stereocenters. The van der Waals surface area contributed by atoms with E-state index in [-0.39, 0.29) is 11.9 Å². The van der Waals surface area contributed by atoms with Crippen LogP contribution in [0.5, 0.6) is 0 Å². The summed E-state index contributed by atoms with van der Waals surface area (Å²) in [5.41, 5.74) is 3.12. The van der Waals surface area contributed by atoms with Gasteiger partial charge in [0.15, 0.2) is 0 Å². The van der Waals surface area contributed by atoms with Crippen LogP contribution in [0.1, 0.15) is 34.3 Å². The molecule has 2 aromatic rings. The fraction of sp³-hybridized carbons (Fsp3) is 0.412. The van der Waals surface area contributed by atoms with Crippen molar-refractivity contribution < 1.29 is 9.53 Å². The number of nitrogens with zero attached hydrogens (tertiary/aromatic N) is 3. The van der Waals surface area contributed by atoms with E-state index in [0.717, 1.165) is 37.1 Å². The van der Waals surface area contributed by atoms with Crippen LogP contribution in [0.2, 0.25) is 0 Å². The summed E-state index contributed by atoms with van der Waals surface area (Å²) < 4.78 is 7.34. The van der Waals surface area contributed by atoms with Gasteiger partial charge in [0.25, 0.3) is 5.91 Å². The Kier molecular flexibility index (Phi) is 3.42. The van der Waals surface area contributed by atoms with Crippen molar-refractivity contribution in [3.05, 3.63) is 53.3 Å². The van der Waals surface area contributed by atoms with Crippen LogP contribution in [0.4, 0.5) is 0 Å². The van der Waals surface area contributed by atoms with Crippen LogP contribution in [-0.4, -0.2) is 33.2 Å². The second kappa shape index (κ2) is 5.57. The van der Waals surface area contributed by atoms with E-state index in [0.29, 0.717) is 13.2 Å². The predicted molar refractivity (Wildman–Crippen MR) is 81.2 cm³/mol. The molecule has 5 nitrogen and oxygen atoms in total. The largest absolute Gasteiger partial charge is 0.372 e. The molecule has 0 aliphatic carbocycles. The molecule has 1 atom stereocenters. The lowest BCUT2D eigenvalue weighted by atomic mass is 10.1. The maximum absolute atomic E-state index is 12.8. The molecule has 2 aliphatic rings. The van der Waals surface area contributed by atoms with Crippen LogP contribution in [0, 0.1) is 0 Å². The van der Waals surface area contributed by atoms with Gasteiger partial charge in [0.1, 0.15) is 0 Å². The summed E-state index contributed by atoms with van der Waals surface area (Å²) in [7, 11) is 0. The minimum Gasteiger partial charge on any atom is -0.372 e. The average molecular weight is 297 g/mol. The van der Waals surface area contributed by atoms with Crippen molar-refractivity contribution in [1.29, 1.82) is 0 Å². The monoisotopic (exact) mass is 297 g/mol. The molecule has 0 N–H and O–H groups in total. The Morgan fingerprint density at radius 3 is 3.09 bits per heavy atom. The van der Waals surface area contributed by atoms with Gasteiger partial charge in [-0.3, -0.25) is 9.48 Å². The zero-order valence-corrected chi connectivity index (χ0v) is 12.4. The van der Waals surface area contributed by atoms with E-state index in [9.17, 15) is 4.79 Å². The molecule has 1 fully saturated rings. The first-order valence-electron chi connectivity index (χ1n) is 7.79. The standard InChI is InChI=1S/C17H19N3O2/c21-17(13-4-5-14-11-22-12-15(14)9-13)20-8-1-3-16(20)10-19-7-2-6-18-19/h2,4-7,9,16H,1,3,8,10-12H2/t16-/m1/s1. The topological polar surface area (TPSA) is 47.4 Å². The maximum Gasteiger partial charge on any atom is 0.254 e. The summed E-state index contributed by atoms with van der Waals surface area (Å²) in [5.74, 6) is 0.129. The number of likely N-dealkylation sites (tertiary alicyclic amines) is 1. The number of hydrogen-bond acceptors (Lipinski definition) is 3. The SMILES string of the molecule is O=C(c1ccc2c(c1)COC2)N1CCC[C@@H]1Cn1cccn1. The highest BCUT2D eigenvalue weighted by Gasteiger charge is 2.30. The first-order valence-corrected chi connectivity index (χ1v) is 7.79. The zero-order valence-electron chi connectivity index (χ0n) is 12.4. The Hall–Kier alpha value is -2.14. The van der Waals surface area contributed by atoms with Gasteiger partial charge < -0.3 is 9.64 Å². The lowest BCUT2D eigenvalue weighted by molar-refractivity contribution is 0.0721. The molecule has 3 heterocycles. The van der Waals surface area contributed by atoms with E-state index in [4.69, 9.17) is 4.74 Å². The number of hydrogen-bond donors (Lipinski definition) is 0. The van der Waals surface area contributed by atoms with E-state index < -0.39 is 0 Å². The van der Waals surface area contributed by atoms with Gasteiger partial charge in [-0.05, 0) is 42.2 Å². The van der Waals surface area contributed by atoms with E-state index >= 15 is 0 Å². The zero-order chi connectivity index (χ0) is 14.9. The third kappa shape index (κ3) is 2.41. The predicted octanol–water partition coefficient (Wildman–Crippen LogP) is 2.22. The molecule has 1 aromatic carbocycles. The number of carbonyl (C=O) groups is 1. The quantitative estimate of drug-likeness (QED) is 0.872. The van der Waals surface area contributed by atoms with Gasteiger partial charge >= 0.3 is 0 Å². The molecular weight excluding hydrogens is 278 g/mol. The highest BCUT2D eigenvalue weighted by Crippen LogP contribution is 2.25. The molecule has 1 amide bonds. The third-order valence-corrected chi connectivity index (χ3v) is 4.56. The molecular formula is C17H19N3O2. The molecule has 5 heteroatoms. The summed E-state index contributed by atoms with van der Waals surface area (Å²) in [6.07, 6.45) is 5.83.